The third-order valence-corrected chi connectivity index (χ3v) is 3.30. The number of likely N-dealkylation sites (tertiary alicyclic amines) is 1. The summed E-state index contributed by atoms with van der Waals surface area (Å²) in [6.45, 7) is 7.66. The van der Waals surface area contributed by atoms with Crippen LogP contribution in [0, 0.1) is 5.92 Å². The third kappa shape index (κ3) is 7.15. The molecule has 5 nitrogen and oxygen atoms in total. The summed E-state index contributed by atoms with van der Waals surface area (Å²) in [5.74, 6) is 0.811. The van der Waals surface area contributed by atoms with E-state index < -0.39 is 0 Å². The molecule has 0 radical (unpaired) electrons. The number of carbonyl (C=O) groups excluding carboxylic acids is 2. The number of nitrogens with one attached hydrogen (secondary N) is 2. The Bertz CT molecular complexity index is 286. The van der Waals surface area contributed by atoms with Crippen LogP contribution in [0.1, 0.15) is 39.5 Å². The largest absolute Gasteiger partial charge is 0.355 e. The van der Waals surface area contributed by atoms with E-state index >= 15 is 0 Å². The minimum atomic E-state index is 0.00858. The highest BCUT2D eigenvalue weighted by atomic mass is 16.2. The van der Waals surface area contributed by atoms with E-state index in [9.17, 15) is 9.59 Å². The molecule has 1 heterocycles. The second-order valence-electron chi connectivity index (χ2n) is 5.55. The molecule has 0 aliphatic carbocycles. The maximum absolute atomic E-state index is 11.7. The minimum absolute atomic E-state index is 0.00858. The van der Waals surface area contributed by atoms with Crippen molar-refractivity contribution in [3.8, 4) is 0 Å². The van der Waals surface area contributed by atoms with Gasteiger partial charge in [0.05, 0.1) is 6.54 Å². The molecule has 0 unspecified atom stereocenters. The lowest BCUT2D eigenvalue weighted by atomic mass is 10.1. The van der Waals surface area contributed by atoms with Crippen LogP contribution in [0.15, 0.2) is 0 Å². The Kier molecular flexibility index (Phi) is 7.48. The van der Waals surface area contributed by atoms with Gasteiger partial charge in [-0.05, 0) is 25.2 Å². The molecular formula is C14H27N3O2. The van der Waals surface area contributed by atoms with Crippen LogP contribution in [0.3, 0.4) is 0 Å². The first-order chi connectivity index (χ1) is 9.09. The summed E-state index contributed by atoms with van der Waals surface area (Å²) >= 11 is 0. The summed E-state index contributed by atoms with van der Waals surface area (Å²) in [7, 11) is 0. The standard InChI is InChI=1S/C14H27N3O2/c1-12(2)5-8-16-13(18)11-15-7-6-14(19)17-9-3-4-10-17/h12,15H,3-11H2,1-2H3,(H,16,18). The summed E-state index contributed by atoms with van der Waals surface area (Å²) in [6.07, 6.45) is 3.73. The fourth-order valence-electron chi connectivity index (χ4n) is 2.08. The fourth-order valence-corrected chi connectivity index (χ4v) is 2.08. The van der Waals surface area contributed by atoms with Crippen molar-refractivity contribution >= 4 is 11.8 Å². The molecule has 19 heavy (non-hydrogen) atoms. The second kappa shape index (κ2) is 8.91. The van der Waals surface area contributed by atoms with E-state index in [1.807, 2.05) is 4.90 Å². The predicted molar refractivity (Wildman–Crippen MR) is 75.8 cm³/mol. The first-order valence-corrected chi connectivity index (χ1v) is 7.35. The van der Waals surface area contributed by atoms with Crippen LogP contribution in [-0.4, -0.2) is 49.4 Å². The van der Waals surface area contributed by atoms with Crippen LogP contribution < -0.4 is 10.6 Å². The summed E-state index contributed by atoms with van der Waals surface area (Å²) < 4.78 is 0. The molecule has 0 spiro atoms. The average molecular weight is 269 g/mol. The van der Waals surface area contributed by atoms with Crippen LogP contribution in [-0.2, 0) is 9.59 Å². The molecule has 2 N–H and O–H groups in total. The highest BCUT2D eigenvalue weighted by molar-refractivity contribution is 5.78. The normalized spacial score (nSPS) is 15.0. The van der Waals surface area contributed by atoms with Gasteiger partial charge in [-0.15, -0.1) is 0 Å². The van der Waals surface area contributed by atoms with Crippen LogP contribution >= 0.6 is 0 Å². The lowest BCUT2D eigenvalue weighted by Crippen LogP contribution is -2.37. The Hall–Kier alpha value is -1.10. The van der Waals surface area contributed by atoms with Crippen molar-refractivity contribution in [1.29, 1.82) is 0 Å². The molecule has 2 amide bonds. The fraction of sp³-hybridized carbons (Fsp3) is 0.857. The van der Waals surface area contributed by atoms with Crippen molar-refractivity contribution in [1.82, 2.24) is 15.5 Å². The smallest absolute Gasteiger partial charge is 0.233 e. The van der Waals surface area contributed by atoms with Gasteiger partial charge in [-0.1, -0.05) is 13.8 Å². The maximum atomic E-state index is 11.7. The van der Waals surface area contributed by atoms with Crippen molar-refractivity contribution in [2.45, 2.75) is 39.5 Å². The molecule has 5 heteroatoms. The van der Waals surface area contributed by atoms with Gasteiger partial charge >= 0.3 is 0 Å². The Morgan fingerprint density at radius 2 is 1.84 bits per heavy atom. The Labute approximate surface area is 116 Å². The van der Waals surface area contributed by atoms with E-state index in [1.54, 1.807) is 0 Å². The molecule has 0 aromatic carbocycles. The van der Waals surface area contributed by atoms with Crippen molar-refractivity contribution in [2.24, 2.45) is 5.92 Å². The monoisotopic (exact) mass is 269 g/mol. The molecule has 0 aromatic heterocycles. The summed E-state index contributed by atoms with van der Waals surface area (Å²) in [5.41, 5.74) is 0. The number of hydrogen-bond donors (Lipinski definition) is 2. The molecule has 1 fully saturated rings. The first-order valence-electron chi connectivity index (χ1n) is 7.35. The highest BCUT2D eigenvalue weighted by Gasteiger charge is 2.16. The van der Waals surface area contributed by atoms with E-state index in [0.29, 0.717) is 25.4 Å². The number of hydrogen-bond acceptors (Lipinski definition) is 3. The predicted octanol–water partition coefficient (Wildman–Crippen LogP) is 0.751. The SMILES string of the molecule is CC(C)CCNC(=O)CNCCC(=O)N1CCCC1. The molecule has 1 rings (SSSR count). The second-order valence-corrected chi connectivity index (χ2v) is 5.55. The van der Waals surface area contributed by atoms with Crippen molar-refractivity contribution in [3.05, 3.63) is 0 Å². The van der Waals surface area contributed by atoms with Crippen LogP contribution in [0.5, 0.6) is 0 Å². The minimum Gasteiger partial charge on any atom is -0.355 e. The highest BCUT2D eigenvalue weighted by Crippen LogP contribution is 2.08. The lowest BCUT2D eigenvalue weighted by Gasteiger charge is -2.15. The van der Waals surface area contributed by atoms with Gasteiger partial charge in [-0.25, -0.2) is 0 Å². The van der Waals surface area contributed by atoms with Gasteiger partial charge in [-0.2, -0.15) is 0 Å². The van der Waals surface area contributed by atoms with Crippen LogP contribution in [0.4, 0.5) is 0 Å². The molecule has 1 saturated heterocycles. The summed E-state index contributed by atoms with van der Waals surface area (Å²) in [6, 6.07) is 0. The quantitative estimate of drug-likeness (QED) is 0.639. The van der Waals surface area contributed by atoms with Gasteiger partial charge in [0.25, 0.3) is 0 Å². The molecule has 0 saturated carbocycles. The number of carbonyl (C=O) groups is 2. The number of amides is 2. The molecule has 110 valence electrons. The van der Waals surface area contributed by atoms with Crippen molar-refractivity contribution in [3.63, 3.8) is 0 Å². The van der Waals surface area contributed by atoms with Crippen LogP contribution in [0.25, 0.3) is 0 Å². The van der Waals surface area contributed by atoms with Crippen molar-refractivity contribution in [2.75, 3.05) is 32.7 Å². The topological polar surface area (TPSA) is 61.4 Å². The molecular weight excluding hydrogens is 242 g/mol. The zero-order valence-corrected chi connectivity index (χ0v) is 12.2. The average Bonchev–Trinajstić information content (AvgIpc) is 2.87. The van der Waals surface area contributed by atoms with Gasteiger partial charge in [0.2, 0.25) is 11.8 Å². The van der Waals surface area contributed by atoms with Gasteiger partial charge in [-0.3, -0.25) is 9.59 Å². The molecule has 0 aromatic rings. The summed E-state index contributed by atoms with van der Waals surface area (Å²) in [5, 5.41) is 5.88. The van der Waals surface area contributed by atoms with Gasteiger partial charge in [0.1, 0.15) is 0 Å². The van der Waals surface area contributed by atoms with E-state index in [2.05, 4.69) is 24.5 Å². The number of nitrogens with zero attached hydrogens (tertiary/aromatic N) is 1. The van der Waals surface area contributed by atoms with Crippen LogP contribution in [0.2, 0.25) is 0 Å². The summed E-state index contributed by atoms with van der Waals surface area (Å²) in [4.78, 5) is 25.1. The van der Waals surface area contributed by atoms with E-state index in [0.717, 1.165) is 38.9 Å². The zero-order chi connectivity index (χ0) is 14.1. The lowest BCUT2D eigenvalue weighted by molar-refractivity contribution is -0.130. The first kappa shape index (κ1) is 16.0. The Morgan fingerprint density at radius 3 is 2.47 bits per heavy atom. The van der Waals surface area contributed by atoms with Gasteiger partial charge in [0.15, 0.2) is 0 Å². The molecule has 1 aliphatic heterocycles. The van der Waals surface area contributed by atoms with Gasteiger partial charge in [0, 0.05) is 32.6 Å². The van der Waals surface area contributed by atoms with Crippen molar-refractivity contribution < 1.29 is 9.59 Å². The zero-order valence-electron chi connectivity index (χ0n) is 12.2. The third-order valence-electron chi connectivity index (χ3n) is 3.30. The van der Waals surface area contributed by atoms with E-state index in [4.69, 9.17) is 0 Å². The molecule has 0 bridgehead atoms. The maximum Gasteiger partial charge on any atom is 0.233 e. The molecule has 1 aliphatic rings. The number of rotatable bonds is 8. The van der Waals surface area contributed by atoms with Gasteiger partial charge < -0.3 is 15.5 Å². The Morgan fingerprint density at radius 1 is 1.16 bits per heavy atom. The Balaban J connectivity index is 1.97. The molecule has 0 atom stereocenters. The van der Waals surface area contributed by atoms with E-state index in [1.165, 1.54) is 0 Å². The van der Waals surface area contributed by atoms with E-state index in [-0.39, 0.29) is 11.8 Å².